The molecule has 81 valence electrons. The Labute approximate surface area is 88.3 Å². The third-order valence-corrected chi connectivity index (χ3v) is 3.49. The standard InChI is InChI=1S/C13H23O/c1-2-3-5-10-13(11-14)12-8-6-4-7-9-12/h12-13H,2-10H2,1H3. The highest BCUT2D eigenvalue weighted by Gasteiger charge is 2.23. The molecule has 1 rings (SSSR count). The van der Waals surface area contributed by atoms with Gasteiger partial charge in [-0.25, -0.2) is 0 Å². The molecule has 1 nitrogen and oxygen atoms in total. The SMILES string of the molecule is CCCCCC([C]=O)C1CCCCC1. The molecule has 0 aromatic heterocycles. The fraction of sp³-hybridized carbons (Fsp3) is 0.923. The average Bonchev–Trinajstić information content (AvgIpc) is 2.26. The molecule has 0 aromatic rings. The monoisotopic (exact) mass is 195 g/mol. The maximum Gasteiger partial charge on any atom is 0.202 e. The zero-order valence-corrected chi connectivity index (χ0v) is 9.43. The number of unbranched alkanes of at least 4 members (excludes halogenated alkanes) is 2. The summed E-state index contributed by atoms with van der Waals surface area (Å²) >= 11 is 0. The molecule has 1 aliphatic rings. The van der Waals surface area contributed by atoms with Crippen molar-refractivity contribution in [1.29, 1.82) is 0 Å². The number of rotatable bonds is 6. The molecule has 1 saturated carbocycles. The van der Waals surface area contributed by atoms with Crippen LogP contribution in [0.1, 0.15) is 64.7 Å². The highest BCUT2D eigenvalue weighted by Crippen LogP contribution is 2.31. The first kappa shape index (κ1) is 11.7. The molecule has 0 spiro atoms. The van der Waals surface area contributed by atoms with Crippen molar-refractivity contribution < 1.29 is 4.79 Å². The maximum atomic E-state index is 10.9. The first-order valence-corrected chi connectivity index (χ1v) is 6.26. The van der Waals surface area contributed by atoms with Gasteiger partial charge in [0.15, 0.2) is 0 Å². The Morgan fingerprint density at radius 3 is 2.50 bits per heavy atom. The van der Waals surface area contributed by atoms with E-state index >= 15 is 0 Å². The molecule has 1 aliphatic carbocycles. The van der Waals surface area contributed by atoms with Gasteiger partial charge in [0, 0.05) is 5.92 Å². The van der Waals surface area contributed by atoms with Crippen molar-refractivity contribution in [2.45, 2.75) is 64.7 Å². The van der Waals surface area contributed by atoms with Crippen molar-refractivity contribution in [2.75, 3.05) is 0 Å². The smallest absolute Gasteiger partial charge is 0.202 e. The van der Waals surface area contributed by atoms with E-state index < -0.39 is 0 Å². The predicted molar refractivity (Wildman–Crippen MR) is 59.9 cm³/mol. The molecule has 0 aliphatic heterocycles. The Bertz CT molecular complexity index is 147. The Hall–Kier alpha value is -0.330. The second kappa shape index (κ2) is 7.03. The van der Waals surface area contributed by atoms with E-state index in [1.807, 2.05) is 0 Å². The molecule has 0 heterocycles. The molecule has 1 heteroatoms. The van der Waals surface area contributed by atoms with Crippen LogP contribution in [-0.2, 0) is 4.79 Å². The molecule has 1 fully saturated rings. The lowest BCUT2D eigenvalue weighted by atomic mass is 9.78. The van der Waals surface area contributed by atoms with Crippen LogP contribution in [0.15, 0.2) is 0 Å². The Balaban J connectivity index is 2.24. The summed E-state index contributed by atoms with van der Waals surface area (Å²) < 4.78 is 0. The lowest BCUT2D eigenvalue weighted by Gasteiger charge is -2.26. The van der Waals surface area contributed by atoms with Crippen molar-refractivity contribution in [3.8, 4) is 0 Å². The summed E-state index contributed by atoms with van der Waals surface area (Å²) in [5.41, 5.74) is 0. The summed E-state index contributed by atoms with van der Waals surface area (Å²) in [6.45, 7) is 2.21. The Kier molecular flexibility index (Phi) is 5.89. The summed E-state index contributed by atoms with van der Waals surface area (Å²) in [6.07, 6.45) is 13.7. The van der Waals surface area contributed by atoms with Crippen molar-refractivity contribution in [3.05, 3.63) is 0 Å². The molecule has 0 N–H and O–H groups in total. The zero-order valence-electron chi connectivity index (χ0n) is 9.43. The molecule has 0 saturated heterocycles. The first-order valence-electron chi connectivity index (χ1n) is 6.26. The number of hydrogen-bond donors (Lipinski definition) is 0. The van der Waals surface area contributed by atoms with Gasteiger partial charge in [-0.1, -0.05) is 45.4 Å². The van der Waals surface area contributed by atoms with Gasteiger partial charge in [-0.05, 0) is 25.2 Å². The predicted octanol–water partition coefficient (Wildman–Crippen LogP) is 3.87. The molecule has 14 heavy (non-hydrogen) atoms. The van der Waals surface area contributed by atoms with Crippen LogP contribution in [0.4, 0.5) is 0 Å². The van der Waals surface area contributed by atoms with Crippen LogP contribution in [0.5, 0.6) is 0 Å². The minimum Gasteiger partial charge on any atom is -0.291 e. The van der Waals surface area contributed by atoms with Gasteiger partial charge in [0.25, 0.3) is 0 Å². The van der Waals surface area contributed by atoms with E-state index in [0.29, 0.717) is 5.92 Å². The molecule has 1 atom stereocenters. The van der Waals surface area contributed by atoms with Gasteiger partial charge in [-0.3, -0.25) is 4.79 Å². The van der Waals surface area contributed by atoms with Gasteiger partial charge in [-0.2, -0.15) is 0 Å². The fourth-order valence-corrected chi connectivity index (χ4v) is 2.54. The second-order valence-electron chi connectivity index (χ2n) is 4.62. The third kappa shape index (κ3) is 3.81. The third-order valence-electron chi connectivity index (χ3n) is 3.49. The van der Waals surface area contributed by atoms with Crippen LogP contribution >= 0.6 is 0 Å². The fourth-order valence-electron chi connectivity index (χ4n) is 2.54. The maximum absolute atomic E-state index is 10.9. The summed E-state index contributed by atoms with van der Waals surface area (Å²) in [7, 11) is 0. The lowest BCUT2D eigenvalue weighted by Crippen LogP contribution is -2.19. The van der Waals surface area contributed by atoms with Crippen molar-refractivity contribution >= 4 is 6.29 Å². The second-order valence-corrected chi connectivity index (χ2v) is 4.62. The summed E-state index contributed by atoms with van der Waals surface area (Å²) in [5, 5.41) is 0. The molecule has 1 radical (unpaired) electrons. The molecule has 0 bridgehead atoms. The molecule has 1 unspecified atom stereocenters. The van der Waals surface area contributed by atoms with Crippen LogP contribution < -0.4 is 0 Å². The Morgan fingerprint density at radius 1 is 1.21 bits per heavy atom. The normalized spacial score (nSPS) is 20.6. The van der Waals surface area contributed by atoms with Gasteiger partial charge in [0.2, 0.25) is 6.29 Å². The topological polar surface area (TPSA) is 17.1 Å². The average molecular weight is 195 g/mol. The molecular weight excluding hydrogens is 172 g/mol. The van der Waals surface area contributed by atoms with Gasteiger partial charge in [0.05, 0.1) is 0 Å². The van der Waals surface area contributed by atoms with Gasteiger partial charge < -0.3 is 0 Å². The van der Waals surface area contributed by atoms with Crippen LogP contribution in [0.3, 0.4) is 0 Å². The molecule has 0 amide bonds. The van der Waals surface area contributed by atoms with E-state index in [1.165, 1.54) is 51.4 Å². The van der Waals surface area contributed by atoms with E-state index in [1.54, 1.807) is 0 Å². The first-order chi connectivity index (χ1) is 6.88. The van der Waals surface area contributed by atoms with E-state index in [0.717, 1.165) is 6.42 Å². The lowest BCUT2D eigenvalue weighted by molar-refractivity contribution is 0.278. The van der Waals surface area contributed by atoms with Crippen molar-refractivity contribution in [1.82, 2.24) is 0 Å². The van der Waals surface area contributed by atoms with Crippen LogP contribution in [-0.4, -0.2) is 6.29 Å². The van der Waals surface area contributed by atoms with Crippen LogP contribution in [0, 0.1) is 11.8 Å². The van der Waals surface area contributed by atoms with E-state index in [4.69, 9.17) is 0 Å². The van der Waals surface area contributed by atoms with Gasteiger partial charge >= 0.3 is 0 Å². The largest absolute Gasteiger partial charge is 0.291 e. The highest BCUT2D eigenvalue weighted by atomic mass is 16.1. The highest BCUT2D eigenvalue weighted by molar-refractivity contribution is 5.54. The van der Waals surface area contributed by atoms with Crippen molar-refractivity contribution in [2.24, 2.45) is 11.8 Å². The quantitative estimate of drug-likeness (QED) is 0.588. The van der Waals surface area contributed by atoms with Gasteiger partial charge in [-0.15, -0.1) is 0 Å². The number of carbonyl (C=O) groups excluding carboxylic acids is 1. The summed E-state index contributed by atoms with van der Waals surface area (Å²) in [5.74, 6) is 0.917. The molecular formula is C13H23O. The zero-order chi connectivity index (χ0) is 10.2. The van der Waals surface area contributed by atoms with E-state index in [2.05, 4.69) is 13.2 Å². The molecule has 0 aromatic carbocycles. The van der Waals surface area contributed by atoms with E-state index in [-0.39, 0.29) is 5.92 Å². The summed E-state index contributed by atoms with van der Waals surface area (Å²) in [4.78, 5) is 10.9. The van der Waals surface area contributed by atoms with Crippen molar-refractivity contribution in [3.63, 3.8) is 0 Å². The van der Waals surface area contributed by atoms with E-state index in [9.17, 15) is 4.79 Å². The Morgan fingerprint density at radius 2 is 1.93 bits per heavy atom. The van der Waals surface area contributed by atoms with Crippen LogP contribution in [0.25, 0.3) is 0 Å². The minimum absolute atomic E-state index is 0.252. The minimum atomic E-state index is 0.252. The summed E-state index contributed by atoms with van der Waals surface area (Å²) in [6, 6.07) is 0. The number of hydrogen-bond acceptors (Lipinski definition) is 1. The van der Waals surface area contributed by atoms with Gasteiger partial charge in [0.1, 0.15) is 0 Å². The van der Waals surface area contributed by atoms with Crippen LogP contribution in [0.2, 0.25) is 0 Å².